The second kappa shape index (κ2) is 7.43. The Hall–Kier alpha value is -0.120. The molecule has 2 aliphatic carbocycles. The maximum atomic E-state index is 6.00. The Morgan fingerprint density at radius 3 is 2.57 bits per heavy atom. The summed E-state index contributed by atoms with van der Waals surface area (Å²) >= 11 is 0. The number of nitrogens with zero attached hydrogens (tertiary/aromatic N) is 1. The van der Waals surface area contributed by atoms with Gasteiger partial charge in [-0.05, 0) is 71.6 Å². The first-order chi connectivity index (χ1) is 10.3. The summed E-state index contributed by atoms with van der Waals surface area (Å²) in [6.07, 6.45) is 13.0. The SMILES string of the molecule is CCOC1CC(NCCCN2CCCCC2)C12CCCC2. The van der Waals surface area contributed by atoms with Gasteiger partial charge in [-0.2, -0.15) is 0 Å². The van der Waals surface area contributed by atoms with Crippen LogP contribution in [-0.2, 0) is 4.74 Å². The van der Waals surface area contributed by atoms with Crippen molar-refractivity contribution in [2.75, 3.05) is 32.8 Å². The van der Waals surface area contributed by atoms with Gasteiger partial charge in [-0.25, -0.2) is 0 Å². The van der Waals surface area contributed by atoms with Crippen LogP contribution in [0.5, 0.6) is 0 Å². The van der Waals surface area contributed by atoms with Crippen LogP contribution < -0.4 is 5.32 Å². The molecule has 2 atom stereocenters. The highest BCUT2D eigenvalue weighted by Crippen LogP contribution is 2.54. The van der Waals surface area contributed by atoms with Gasteiger partial charge in [-0.1, -0.05) is 19.3 Å². The molecule has 0 radical (unpaired) electrons. The van der Waals surface area contributed by atoms with E-state index in [4.69, 9.17) is 4.74 Å². The van der Waals surface area contributed by atoms with Crippen molar-refractivity contribution in [2.24, 2.45) is 5.41 Å². The molecule has 1 heterocycles. The molecule has 3 rings (SSSR count). The van der Waals surface area contributed by atoms with Crippen molar-refractivity contribution in [3.63, 3.8) is 0 Å². The van der Waals surface area contributed by atoms with Gasteiger partial charge in [-0.15, -0.1) is 0 Å². The molecule has 0 bridgehead atoms. The van der Waals surface area contributed by atoms with Crippen LogP contribution in [0.1, 0.15) is 64.7 Å². The van der Waals surface area contributed by atoms with Crippen molar-refractivity contribution in [1.82, 2.24) is 10.2 Å². The molecule has 122 valence electrons. The van der Waals surface area contributed by atoms with Crippen LogP contribution in [0, 0.1) is 5.41 Å². The van der Waals surface area contributed by atoms with E-state index >= 15 is 0 Å². The molecule has 3 fully saturated rings. The molecule has 3 aliphatic rings. The van der Waals surface area contributed by atoms with E-state index in [2.05, 4.69) is 17.1 Å². The molecule has 2 saturated carbocycles. The fraction of sp³-hybridized carbons (Fsp3) is 1.00. The van der Waals surface area contributed by atoms with E-state index in [-0.39, 0.29) is 0 Å². The molecule has 0 aromatic rings. The van der Waals surface area contributed by atoms with Gasteiger partial charge in [-0.3, -0.25) is 0 Å². The van der Waals surface area contributed by atoms with Crippen molar-refractivity contribution in [3.8, 4) is 0 Å². The van der Waals surface area contributed by atoms with Gasteiger partial charge >= 0.3 is 0 Å². The predicted molar refractivity (Wildman–Crippen MR) is 87.6 cm³/mol. The van der Waals surface area contributed by atoms with Crippen LogP contribution in [0.4, 0.5) is 0 Å². The van der Waals surface area contributed by atoms with Gasteiger partial charge in [0.2, 0.25) is 0 Å². The zero-order chi connectivity index (χ0) is 14.5. The van der Waals surface area contributed by atoms with E-state index in [1.54, 1.807) is 0 Å². The van der Waals surface area contributed by atoms with Crippen molar-refractivity contribution < 1.29 is 4.74 Å². The summed E-state index contributed by atoms with van der Waals surface area (Å²) in [6, 6.07) is 0.734. The Labute approximate surface area is 130 Å². The molecule has 1 N–H and O–H groups in total. The van der Waals surface area contributed by atoms with Crippen molar-refractivity contribution in [1.29, 1.82) is 0 Å². The smallest absolute Gasteiger partial charge is 0.0661 e. The van der Waals surface area contributed by atoms with E-state index in [1.807, 2.05) is 0 Å². The summed E-state index contributed by atoms with van der Waals surface area (Å²) in [5.41, 5.74) is 0.501. The molecule has 2 unspecified atom stereocenters. The van der Waals surface area contributed by atoms with Gasteiger partial charge in [0.15, 0.2) is 0 Å². The number of piperidine rings is 1. The summed E-state index contributed by atoms with van der Waals surface area (Å²) in [7, 11) is 0. The number of hydrogen-bond donors (Lipinski definition) is 1. The maximum Gasteiger partial charge on any atom is 0.0661 e. The number of nitrogens with one attached hydrogen (secondary N) is 1. The van der Waals surface area contributed by atoms with Crippen LogP contribution in [0.3, 0.4) is 0 Å². The minimum atomic E-state index is 0.501. The highest BCUT2D eigenvalue weighted by molar-refractivity contribution is 5.09. The quantitative estimate of drug-likeness (QED) is 0.730. The van der Waals surface area contributed by atoms with Crippen LogP contribution >= 0.6 is 0 Å². The van der Waals surface area contributed by atoms with Gasteiger partial charge in [0.25, 0.3) is 0 Å². The van der Waals surface area contributed by atoms with Crippen LogP contribution in [0.2, 0.25) is 0 Å². The Kier molecular flexibility index (Phi) is 5.58. The monoisotopic (exact) mass is 294 g/mol. The van der Waals surface area contributed by atoms with E-state index in [0.717, 1.165) is 12.6 Å². The average Bonchev–Trinajstić information content (AvgIpc) is 3.03. The van der Waals surface area contributed by atoms with Gasteiger partial charge in [0.1, 0.15) is 0 Å². The first-order valence-electron chi connectivity index (χ1n) is 9.42. The second-order valence-electron chi connectivity index (χ2n) is 7.38. The molecule has 21 heavy (non-hydrogen) atoms. The Balaban J connectivity index is 1.37. The van der Waals surface area contributed by atoms with Crippen LogP contribution in [0.15, 0.2) is 0 Å². The Morgan fingerprint density at radius 2 is 1.86 bits per heavy atom. The highest BCUT2D eigenvalue weighted by Gasteiger charge is 2.56. The number of rotatable bonds is 7. The second-order valence-corrected chi connectivity index (χ2v) is 7.38. The number of ether oxygens (including phenoxy) is 1. The molecule has 3 nitrogen and oxygen atoms in total. The standard InChI is InChI=1S/C18H34N2O/c1-2-21-17-15-16(18(17)9-4-5-10-18)19-11-8-14-20-12-6-3-7-13-20/h16-17,19H,2-15H2,1H3. The molecular weight excluding hydrogens is 260 g/mol. The van der Waals surface area contributed by atoms with Crippen molar-refractivity contribution in [3.05, 3.63) is 0 Å². The zero-order valence-electron chi connectivity index (χ0n) is 13.9. The largest absolute Gasteiger partial charge is 0.378 e. The van der Waals surface area contributed by atoms with Crippen molar-refractivity contribution in [2.45, 2.75) is 76.9 Å². The molecular formula is C18H34N2O. The third-order valence-electron chi connectivity index (χ3n) is 6.18. The topological polar surface area (TPSA) is 24.5 Å². The summed E-state index contributed by atoms with van der Waals surface area (Å²) in [5.74, 6) is 0. The highest BCUT2D eigenvalue weighted by atomic mass is 16.5. The third kappa shape index (κ3) is 3.46. The van der Waals surface area contributed by atoms with Crippen LogP contribution in [-0.4, -0.2) is 49.8 Å². The average molecular weight is 294 g/mol. The molecule has 0 aromatic heterocycles. The van der Waals surface area contributed by atoms with E-state index in [9.17, 15) is 0 Å². The summed E-state index contributed by atoms with van der Waals surface area (Å²) < 4.78 is 6.00. The summed E-state index contributed by atoms with van der Waals surface area (Å²) in [4.78, 5) is 2.65. The van der Waals surface area contributed by atoms with E-state index < -0.39 is 0 Å². The Bertz CT molecular complexity index is 308. The van der Waals surface area contributed by atoms with Gasteiger partial charge < -0.3 is 15.0 Å². The zero-order valence-corrected chi connectivity index (χ0v) is 13.9. The molecule has 3 heteroatoms. The maximum absolute atomic E-state index is 6.00. The number of hydrogen-bond acceptors (Lipinski definition) is 3. The number of likely N-dealkylation sites (tertiary alicyclic amines) is 1. The van der Waals surface area contributed by atoms with Crippen LogP contribution in [0.25, 0.3) is 0 Å². The first kappa shape index (κ1) is 15.8. The minimum Gasteiger partial charge on any atom is -0.378 e. The minimum absolute atomic E-state index is 0.501. The lowest BCUT2D eigenvalue weighted by atomic mass is 9.60. The lowest BCUT2D eigenvalue weighted by Gasteiger charge is -2.54. The van der Waals surface area contributed by atoms with E-state index in [1.165, 1.54) is 84.0 Å². The fourth-order valence-corrected chi connectivity index (χ4v) is 4.93. The molecule has 1 saturated heterocycles. The first-order valence-corrected chi connectivity index (χ1v) is 9.42. The molecule has 1 aliphatic heterocycles. The Morgan fingerprint density at radius 1 is 1.10 bits per heavy atom. The summed E-state index contributed by atoms with van der Waals surface area (Å²) in [6.45, 7) is 8.18. The normalized spacial score (nSPS) is 32.4. The fourth-order valence-electron chi connectivity index (χ4n) is 4.93. The van der Waals surface area contributed by atoms with Crippen molar-refractivity contribution >= 4 is 0 Å². The summed E-state index contributed by atoms with van der Waals surface area (Å²) in [5, 5.41) is 3.87. The lowest BCUT2D eigenvalue weighted by Crippen LogP contribution is -2.62. The predicted octanol–water partition coefficient (Wildman–Crippen LogP) is 3.19. The molecule has 0 amide bonds. The van der Waals surface area contributed by atoms with Gasteiger partial charge in [0, 0.05) is 18.1 Å². The molecule has 1 spiro atoms. The third-order valence-corrected chi connectivity index (χ3v) is 6.18. The molecule has 0 aromatic carbocycles. The van der Waals surface area contributed by atoms with E-state index in [0.29, 0.717) is 11.5 Å². The van der Waals surface area contributed by atoms with Gasteiger partial charge in [0.05, 0.1) is 6.10 Å². The lowest BCUT2D eigenvalue weighted by molar-refractivity contribution is -0.130.